The molecule has 2 N–H and O–H groups in total. The van der Waals surface area contributed by atoms with Gasteiger partial charge in [0, 0.05) is 18.3 Å². The van der Waals surface area contributed by atoms with Crippen molar-refractivity contribution in [3.8, 4) is 0 Å². The number of hydrogen-bond acceptors (Lipinski definition) is 2. The molecular weight excluding hydrogens is 203 g/mol. The Morgan fingerprint density at radius 2 is 2.19 bits per heavy atom. The minimum Gasteiger partial charge on any atom is -0.398 e. The van der Waals surface area contributed by atoms with Crippen molar-refractivity contribution in [1.82, 2.24) is 4.90 Å². The van der Waals surface area contributed by atoms with Crippen LogP contribution in [-0.4, -0.2) is 17.5 Å². The number of halogens is 1. The maximum Gasteiger partial charge on any atom is 0.123 e. The van der Waals surface area contributed by atoms with Crippen LogP contribution in [-0.2, 0) is 6.54 Å². The smallest absolute Gasteiger partial charge is 0.123 e. The van der Waals surface area contributed by atoms with Crippen molar-refractivity contribution in [3.05, 3.63) is 29.6 Å². The van der Waals surface area contributed by atoms with Crippen LogP contribution in [0.3, 0.4) is 0 Å². The predicted molar refractivity (Wildman–Crippen MR) is 64.5 cm³/mol. The third kappa shape index (κ3) is 2.73. The molecule has 1 fully saturated rings. The molecule has 3 heteroatoms. The molecule has 0 aromatic heterocycles. The Balaban J connectivity index is 2.08. The first-order valence-corrected chi connectivity index (χ1v) is 5.98. The molecule has 0 atom stereocenters. The Bertz CT molecular complexity index is 361. The summed E-state index contributed by atoms with van der Waals surface area (Å²) in [5, 5.41) is 0. The van der Waals surface area contributed by atoms with Gasteiger partial charge in [0.25, 0.3) is 0 Å². The van der Waals surface area contributed by atoms with E-state index in [0.717, 1.165) is 25.1 Å². The molecule has 2 rings (SSSR count). The topological polar surface area (TPSA) is 29.3 Å². The van der Waals surface area contributed by atoms with E-state index in [4.69, 9.17) is 5.73 Å². The van der Waals surface area contributed by atoms with Crippen LogP contribution in [0.25, 0.3) is 0 Å². The minimum atomic E-state index is -0.198. The lowest BCUT2D eigenvalue weighted by atomic mass is 10.1. The van der Waals surface area contributed by atoms with Gasteiger partial charge < -0.3 is 5.73 Å². The van der Waals surface area contributed by atoms with Gasteiger partial charge in [-0.05, 0) is 49.6 Å². The van der Waals surface area contributed by atoms with Crippen LogP contribution in [0.2, 0.25) is 0 Å². The normalized spacial score (nSPS) is 15.7. The lowest BCUT2D eigenvalue weighted by Gasteiger charge is -2.22. The van der Waals surface area contributed by atoms with Gasteiger partial charge in [-0.1, -0.05) is 6.92 Å². The van der Waals surface area contributed by atoms with Crippen LogP contribution in [0.15, 0.2) is 18.2 Å². The molecule has 1 aliphatic rings. The van der Waals surface area contributed by atoms with E-state index in [-0.39, 0.29) is 5.82 Å². The van der Waals surface area contributed by atoms with E-state index in [1.165, 1.54) is 18.9 Å². The first kappa shape index (κ1) is 11.4. The highest BCUT2D eigenvalue weighted by Gasteiger charge is 2.28. The number of benzene rings is 1. The highest BCUT2D eigenvalue weighted by molar-refractivity contribution is 5.46. The number of nitrogen functional groups attached to an aromatic ring is 1. The summed E-state index contributed by atoms with van der Waals surface area (Å²) in [5.74, 6) is -0.198. The van der Waals surface area contributed by atoms with Crippen LogP contribution in [0.4, 0.5) is 10.1 Å². The van der Waals surface area contributed by atoms with E-state index >= 15 is 0 Å². The maximum absolute atomic E-state index is 13.1. The summed E-state index contributed by atoms with van der Waals surface area (Å²) in [6.45, 7) is 4.02. The maximum atomic E-state index is 13.1. The van der Waals surface area contributed by atoms with Crippen LogP contribution >= 0.6 is 0 Å². The average Bonchev–Trinajstić information content (AvgIpc) is 3.06. The molecule has 0 aliphatic heterocycles. The van der Waals surface area contributed by atoms with Crippen molar-refractivity contribution in [2.75, 3.05) is 12.3 Å². The summed E-state index contributed by atoms with van der Waals surface area (Å²) < 4.78 is 13.1. The molecule has 1 aromatic rings. The molecule has 0 radical (unpaired) electrons. The van der Waals surface area contributed by atoms with Crippen molar-refractivity contribution in [2.45, 2.75) is 38.8 Å². The first-order chi connectivity index (χ1) is 7.70. The number of hydrogen-bond donors (Lipinski definition) is 1. The Morgan fingerprint density at radius 3 is 2.81 bits per heavy atom. The molecule has 0 amide bonds. The summed E-state index contributed by atoms with van der Waals surface area (Å²) in [5.41, 5.74) is 7.48. The van der Waals surface area contributed by atoms with Crippen molar-refractivity contribution in [3.63, 3.8) is 0 Å². The largest absolute Gasteiger partial charge is 0.398 e. The van der Waals surface area contributed by atoms with Gasteiger partial charge in [0.15, 0.2) is 0 Å². The van der Waals surface area contributed by atoms with Gasteiger partial charge in [0.05, 0.1) is 0 Å². The van der Waals surface area contributed by atoms with Gasteiger partial charge in [-0.2, -0.15) is 0 Å². The summed E-state index contributed by atoms with van der Waals surface area (Å²) in [6.07, 6.45) is 3.68. The lowest BCUT2D eigenvalue weighted by Crippen LogP contribution is -2.26. The molecule has 0 spiro atoms. The zero-order valence-electron chi connectivity index (χ0n) is 9.75. The number of nitrogens with two attached hydrogens (primary N) is 1. The third-order valence-electron chi connectivity index (χ3n) is 3.05. The second-order valence-electron chi connectivity index (χ2n) is 4.54. The Hall–Kier alpha value is -1.09. The molecule has 1 aromatic carbocycles. The van der Waals surface area contributed by atoms with Gasteiger partial charge in [-0.15, -0.1) is 0 Å². The Morgan fingerprint density at radius 1 is 1.44 bits per heavy atom. The molecule has 16 heavy (non-hydrogen) atoms. The minimum absolute atomic E-state index is 0.198. The fraction of sp³-hybridized carbons (Fsp3) is 0.538. The zero-order valence-corrected chi connectivity index (χ0v) is 9.75. The van der Waals surface area contributed by atoms with E-state index < -0.39 is 0 Å². The van der Waals surface area contributed by atoms with Crippen molar-refractivity contribution in [2.24, 2.45) is 0 Å². The standard InChI is InChI=1S/C13H19FN2/c1-2-7-16(12-4-5-12)9-10-8-11(14)3-6-13(10)15/h3,6,8,12H,2,4-5,7,9,15H2,1H3. The monoisotopic (exact) mass is 222 g/mol. The fourth-order valence-electron chi connectivity index (χ4n) is 2.05. The highest BCUT2D eigenvalue weighted by atomic mass is 19.1. The number of anilines is 1. The average molecular weight is 222 g/mol. The quantitative estimate of drug-likeness (QED) is 0.776. The van der Waals surface area contributed by atoms with Crippen molar-refractivity contribution in [1.29, 1.82) is 0 Å². The lowest BCUT2D eigenvalue weighted by molar-refractivity contribution is 0.255. The molecular formula is C13H19FN2. The van der Waals surface area contributed by atoms with E-state index in [1.807, 2.05) is 0 Å². The molecule has 0 bridgehead atoms. The molecule has 2 nitrogen and oxygen atoms in total. The highest BCUT2D eigenvalue weighted by Crippen LogP contribution is 2.29. The van der Waals surface area contributed by atoms with Crippen LogP contribution in [0, 0.1) is 5.82 Å². The molecule has 0 heterocycles. The van der Waals surface area contributed by atoms with Gasteiger partial charge in [0.2, 0.25) is 0 Å². The molecule has 0 saturated heterocycles. The third-order valence-corrected chi connectivity index (χ3v) is 3.05. The van der Waals surface area contributed by atoms with Crippen molar-refractivity contribution >= 4 is 5.69 Å². The molecule has 0 unspecified atom stereocenters. The fourth-order valence-corrected chi connectivity index (χ4v) is 2.05. The number of rotatable bonds is 5. The van der Waals surface area contributed by atoms with Gasteiger partial charge in [-0.3, -0.25) is 4.90 Å². The van der Waals surface area contributed by atoms with E-state index in [1.54, 1.807) is 12.1 Å². The summed E-state index contributed by atoms with van der Waals surface area (Å²) >= 11 is 0. The number of nitrogens with zero attached hydrogens (tertiary/aromatic N) is 1. The first-order valence-electron chi connectivity index (χ1n) is 5.98. The Labute approximate surface area is 96.2 Å². The van der Waals surface area contributed by atoms with Gasteiger partial charge >= 0.3 is 0 Å². The summed E-state index contributed by atoms with van der Waals surface area (Å²) in [4.78, 5) is 2.41. The second-order valence-corrected chi connectivity index (χ2v) is 4.54. The summed E-state index contributed by atoms with van der Waals surface area (Å²) in [7, 11) is 0. The predicted octanol–water partition coefficient (Wildman–Crippen LogP) is 2.78. The van der Waals surface area contributed by atoms with Crippen LogP contribution < -0.4 is 5.73 Å². The van der Waals surface area contributed by atoms with E-state index in [2.05, 4.69) is 11.8 Å². The molecule has 88 valence electrons. The van der Waals surface area contributed by atoms with Crippen LogP contribution in [0.5, 0.6) is 0 Å². The second kappa shape index (κ2) is 4.83. The zero-order chi connectivity index (χ0) is 11.5. The molecule has 1 aliphatic carbocycles. The van der Waals surface area contributed by atoms with Crippen LogP contribution in [0.1, 0.15) is 31.7 Å². The summed E-state index contributed by atoms with van der Waals surface area (Å²) in [6, 6.07) is 5.32. The van der Waals surface area contributed by atoms with E-state index in [9.17, 15) is 4.39 Å². The Kier molecular flexibility index (Phi) is 3.44. The SMILES string of the molecule is CCCN(Cc1cc(F)ccc1N)C1CC1. The molecule has 1 saturated carbocycles. The van der Waals surface area contributed by atoms with Crippen molar-refractivity contribution < 1.29 is 4.39 Å². The van der Waals surface area contributed by atoms with Gasteiger partial charge in [0.1, 0.15) is 5.82 Å². The van der Waals surface area contributed by atoms with E-state index in [0.29, 0.717) is 11.7 Å². The van der Waals surface area contributed by atoms with Gasteiger partial charge in [-0.25, -0.2) is 4.39 Å².